The molecule has 152 valence electrons. The number of ketones is 2. The quantitative estimate of drug-likeness (QED) is 0.228. The molecule has 1 atom stereocenters. The molecule has 3 aromatic carbocycles. The molecule has 0 saturated heterocycles. The molecule has 0 heterocycles. The van der Waals surface area contributed by atoms with Gasteiger partial charge >= 0.3 is 0 Å². The smallest absolute Gasteiger partial charge is 0.211 e. The minimum absolute atomic E-state index is 0.336. The highest BCUT2D eigenvalue weighted by atomic mass is 16.6. The number of nitro groups is 1. The second-order valence-corrected chi connectivity index (χ2v) is 6.84. The summed E-state index contributed by atoms with van der Waals surface area (Å²) in [5, 5.41) is 11.5. The van der Waals surface area contributed by atoms with Crippen LogP contribution >= 0.6 is 0 Å². The summed E-state index contributed by atoms with van der Waals surface area (Å²) in [6.45, 7) is -0.561. The third-order valence-electron chi connectivity index (χ3n) is 4.95. The van der Waals surface area contributed by atoms with E-state index in [-0.39, 0.29) is 0 Å². The molecule has 0 unspecified atom stereocenters. The van der Waals surface area contributed by atoms with Crippen molar-refractivity contribution in [1.29, 1.82) is 0 Å². The molecule has 0 radical (unpaired) electrons. The number of hydrogen-bond acceptors (Lipinski definition) is 5. The molecular formula is C24H21NO5. The number of carbonyl (C=O) groups is 2. The van der Waals surface area contributed by atoms with E-state index in [0.29, 0.717) is 22.4 Å². The van der Waals surface area contributed by atoms with Crippen LogP contribution in [0.25, 0.3) is 0 Å². The number of methoxy groups -OCH3 is 1. The second kappa shape index (κ2) is 9.60. The standard InChI is InChI=1S/C24H21NO5/c1-30-20-14-8-13-19(15-20)21(16-25(28)29)22(23(26)17-9-4-2-5-10-17)24(27)18-11-6-3-7-12-18/h2-15,21-22H,16H2,1H3/t21-/m1/s1. The molecule has 0 spiro atoms. The zero-order valence-corrected chi connectivity index (χ0v) is 16.4. The molecule has 0 aliphatic carbocycles. The molecule has 0 aromatic heterocycles. The van der Waals surface area contributed by atoms with Gasteiger partial charge in [-0.1, -0.05) is 72.8 Å². The topological polar surface area (TPSA) is 86.5 Å². The molecule has 0 bridgehead atoms. The number of ether oxygens (including phenoxy) is 1. The first-order valence-corrected chi connectivity index (χ1v) is 9.45. The van der Waals surface area contributed by atoms with Gasteiger partial charge in [0.2, 0.25) is 6.54 Å². The normalized spacial score (nSPS) is 11.7. The average Bonchev–Trinajstić information content (AvgIpc) is 2.79. The number of Topliss-reactive ketones (excluding diaryl/α,β-unsaturated/α-hetero) is 2. The predicted octanol–water partition coefficient (Wildman–Crippen LogP) is 4.44. The van der Waals surface area contributed by atoms with Gasteiger partial charge in [0, 0.05) is 16.1 Å². The van der Waals surface area contributed by atoms with Crippen LogP contribution in [-0.4, -0.2) is 30.1 Å². The highest BCUT2D eigenvalue weighted by molar-refractivity contribution is 6.16. The first kappa shape index (κ1) is 20.9. The van der Waals surface area contributed by atoms with Crippen molar-refractivity contribution < 1.29 is 19.2 Å². The maximum Gasteiger partial charge on any atom is 0.211 e. The summed E-state index contributed by atoms with van der Waals surface area (Å²) in [6.07, 6.45) is 0. The minimum atomic E-state index is -1.24. The molecule has 0 N–H and O–H groups in total. The minimum Gasteiger partial charge on any atom is -0.497 e. The Bertz CT molecular complexity index is 982. The number of rotatable bonds is 9. The van der Waals surface area contributed by atoms with Gasteiger partial charge in [-0.2, -0.15) is 0 Å². The first-order valence-electron chi connectivity index (χ1n) is 9.45. The Labute approximate surface area is 174 Å². The Morgan fingerprint density at radius 2 is 1.40 bits per heavy atom. The highest BCUT2D eigenvalue weighted by Gasteiger charge is 2.39. The van der Waals surface area contributed by atoms with Gasteiger partial charge in [-0.3, -0.25) is 19.7 Å². The van der Waals surface area contributed by atoms with E-state index in [0.717, 1.165) is 0 Å². The molecule has 3 aromatic rings. The Balaban J connectivity index is 2.14. The summed E-state index contributed by atoms with van der Waals surface area (Å²) in [5.74, 6) is -2.58. The van der Waals surface area contributed by atoms with Crippen molar-refractivity contribution in [3.8, 4) is 5.75 Å². The van der Waals surface area contributed by atoms with Crippen molar-refractivity contribution in [3.63, 3.8) is 0 Å². The zero-order valence-electron chi connectivity index (χ0n) is 16.4. The molecular weight excluding hydrogens is 382 g/mol. The second-order valence-electron chi connectivity index (χ2n) is 6.84. The van der Waals surface area contributed by atoms with Gasteiger partial charge in [0.25, 0.3) is 0 Å². The summed E-state index contributed by atoms with van der Waals surface area (Å²) < 4.78 is 5.24. The van der Waals surface area contributed by atoms with Crippen LogP contribution in [-0.2, 0) is 0 Å². The lowest BCUT2D eigenvalue weighted by Gasteiger charge is -2.23. The summed E-state index contributed by atoms with van der Waals surface area (Å²) >= 11 is 0. The van der Waals surface area contributed by atoms with Crippen molar-refractivity contribution >= 4 is 11.6 Å². The summed E-state index contributed by atoms with van der Waals surface area (Å²) in [6, 6.07) is 23.5. The zero-order chi connectivity index (χ0) is 21.5. The van der Waals surface area contributed by atoms with E-state index in [2.05, 4.69) is 0 Å². The van der Waals surface area contributed by atoms with Crippen LogP contribution in [0.1, 0.15) is 32.2 Å². The number of benzene rings is 3. The predicted molar refractivity (Wildman–Crippen MR) is 113 cm³/mol. The van der Waals surface area contributed by atoms with E-state index in [4.69, 9.17) is 4.74 Å². The lowest BCUT2D eigenvalue weighted by atomic mass is 9.77. The summed E-state index contributed by atoms with van der Waals surface area (Å²) in [4.78, 5) is 37.9. The summed E-state index contributed by atoms with van der Waals surface area (Å²) in [7, 11) is 1.49. The van der Waals surface area contributed by atoms with E-state index in [1.165, 1.54) is 7.11 Å². The maximum absolute atomic E-state index is 13.4. The van der Waals surface area contributed by atoms with E-state index in [9.17, 15) is 19.7 Å². The molecule has 6 heteroatoms. The number of hydrogen-bond donors (Lipinski definition) is 0. The molecule has 3 rings (SSSR count). The van der Waals surface area contributed by atoms with E-state index < -0.39 is 34.9 Å². The number of nitrogens with zero attached hydrogens (tertiary/aromatic N) is 1. The van der Waals surface area contributed by atoms with Crippen molar-refractivity contribution in [1.82, 2.24) is 0 Å². The Kier molecular flexibility index (Phi) is 6.70. The third kappa shape index (κ3) is 4.78. The van der Waals surface area contributed by atoms with Gasteiger partial charge in [-0.15, -0.1) is 0 Å². The van der Waals surface area contributed by atoms with Gasteiger partial charge in [-0.05, 0) is 17.7 Å². The fourth-order valence-electron chi connectivity index (χ4n) is 3.48. The van der Waals surface area contributed by atoms with Crippen LogP contribution in [0, 0.1) is 16.0 Å². The average molecular weight is 403 g/mol. The number of carbonyl (C=O) groups excluding carboxylic acids is 2. The maximum atomic E-state index is 13.4. The lowest BCUT2D eigenvalue weighted by molar-refractivity contribution is -0.484. The lowest BCUT2D eigenvalue weighted by Crippen LogP contribution is -2.34. The van der Waals surface area contributed by atoms with Crippen molar-refractivity contribution in [2.75, 3.05) is 13.7 Å². The Morgan fingerprint density at radius 1 is 0.867 bits per heavy atom. The van der Waals surface area contributed by atoms with Gasteiger partial charge in [0.05, 0.1) is 18.9 Å². The molecule has 0 saturated carbocycles. The van der Waals surface area contributed by atoms with E-state index >= 15 is 0 Å². The highest BCUT2D eigenvalue weighted by Crippen LogP contribution is 2.33. The molecule has 30 heavy (non-hydrogen) atoms. The summed E-state index contributed by atoms with van der Waals surface area (Å²) in [5.41, 5.74) is 1.18. The monoisotopic (exact) mass is 403 g/mol. The fraction of sp³-hybridized carbons (Fsp3) is 0.167. The van der Waals surface area contributed by atoms with Gasteiger partial charge < -0.3 is 4.74 Å². The van der Waals surface area contributed by atoms with Crippen LogP contribution in [0.4, 0.5) is 0 Å². The van der Waals surface area contributed by atoms with Crippen molar-refractivity contribution in [3.05, 3.63) is 112 Å². The van der Waals surface area contributed by atoms with Crippen LogP contribution in [0.3, 0.4) is 0 Å². The first-order chi connectivity index (χ1) is 14.5. The molecule has 0 aliphatic rings. The Hall–Kier alpha value is -3.80. The van der Waals surface area contributed by atoms with Gasteiger partial charge in [0.1, 0.15) is 5.75 Å². The van der Waals surface area contributed by atoms with Gasteiger partial charge in [0.15, 0.2) is 11.6 Å². The molecule has 0 fully saturated rings. The molecule has 0 amide bonds. The van der Waals surface area contributed by atoms with Gasteiger partial charge in [-0.25, -0.2) is 0 Å². The van der Waals surface area contributed by atoms with E-state index in [1.807, 2.05) is 0 Å². The van der Waals surface area contributed by atoms with Crippen LogP contribution in [0.5, 0.6) is 5.75 Å². The van der Waals surface area contributed by atoms with Crippen LogP contribution in [0.15, 0.2) is 84.9 Å². The van der Waals surface area contributed by atoms with Crippen LogP contribution < -0.4 is 4.74 Å². The van der Waals surface area contributed by atoms with Crippen LogP contribution in [0.2, 0.25) is 0 Å². The Morgan fingerprint density at radius 3 is 1.87 bits per heavy atom. The van der Waals surface area contributed by atoms with E-state index in [1.54, 1.807) is 84.9 Å². The van der Waals surface area contributed by atoms with Crippen molar-refractivity contribution in [2.24, 2.45) is 5.92 Å². The largest absolute Gasteiger partial charge is 0.497 e. The molecule has 0 aliphatic heterocycles. The SMILES string of the molecule is COc1cccc([C@@H](C[N+](=O)[O-])C(C(=O)c2ccccc2)C(=O)c2ccccc2)c1. The third-order valence-corrected chi connectivity index (χ3v) is 4.95. The fourth-order valence-corrected chi connectivity index (χ4v) is 3.48. The molecule has 6 nitrogen and oxygen atoms in total. The van der Waals surface area contributed by atoms with Crippen molar-refractivity contribution in [2.45, 2.75) is 5.92 Å².